The van der Waals surface area contributed by atoms with E-state index in [9.17, 15) is 14.7 Å². The summed E-state index contributed by atoms with van der Waals surface area (Å²) in [7, 11) is 0. The molecule has 0 radical (unpaired) electrons. The number of esters is 1. The molecular weight excluding hydrogens is 280 g/mol. The van der Waals surface area contributed by atoms with Gasteiger partial charge in [-0.15, -0.1) is 0 Å². The largest absolute Gasteiger partial charge is 0.457 e. The predicted molar refractivity (Wildman–Crippen MR) is 84.1 cm³/mol. The van der Waals surface area contributed by atoms with E-state index in [0.717, 1.165) is 18.4 Å². The lowest BCUT2D eigenvalue weighted by molar-refractivity contribution is -0.140. The van der Waals surface area contributed by atoms with Gasteiger partial charge < -0.3 is 9.84 Å². The molecule has 1 unspecified atom stereocenters. The number of rotatable bonds is 4. The van der Waals surface area contributed by atoms with Gasteiger partial charge in [-0.1, -0.05) is 23.3 Å². The molecule has 0 aromatic carbocycles. The lowest BCUT2D eigenvalue weighted by atomic mass is 9.69. The van der Waals surface area contributed by atoms with Gasteiger partial charge in [0, 0.05) is 0 Å². The van der Waals surface area contributed by atoms with E-state index in [1.54, 1.807) is 0 Å². The number of hydrogen-bond donors (Lipinski definition) is 1. The maximum Gasteiger partial charge on any atom is 0.307 e. The first-order chi connectivity index (χ1) is 10.3. The van der Waals surface area contributed by atoms with Crippen LogP contribution in [0.5, 0.6) is 0 Å². The molecule has 1 N–H and O–H groups in total. The molecule has 0 aromatic rings. The minimum Gasteiger partial charge on any atom is -0.457 e. The number of ketones is 1. The number of carbonyl (C=O) groups excluding carboxylic acids is 2. The van der Waals surface area contributed by atoms with Crippen LogP contribution in [0.15, 0.2) is 35.5 Å². The van der Waals surface area contributed by atoms with E-state index in [4.69, 9.17) is 4.74 Å². The van der Waals surface area contributed by atoms with Gasteiger partial charge in [0.05, 0.1) is 17.9 Å². The molecule has 1 aliphatic carbocycles. The molecule has 1 spiro atoms. The van der Waals surface area contributed by atoms with Crippen molar-refractivity contribution >= 4 is 11.8 Å². The second-order valence-corrected chi connectivity index (χ2v) is 6.57. The first-order valence-electron chi connectivity index (χ1n) is 7.74. The Kier molecular flexibility index (Phi) is 5.01. The van der Waals surface area contributed by atoms with E-state index in [-0.39, 0.29) is 24.6 Å². The number of allylic oxidation sites excluding steroid dienone is 4. The van der Waals surface area contributed by atoms with Crippen LogP contribution in [0.3, 0.4) is 0 Å². The molecule has 1 saturated heterocycles. The quantitative estimate of drug-likeness (QED) is 0.641. The Balaban J connectivity index is 2.17. The third-order valence-corrected chi connectivity index (χ3v) is 4.32. The van der Waals surface area contributed by atoms with Gasteiger partial charge in [0.2, 0.25) is 0 Å². The Morgan fingerprint density at radius 1 is 1.41 bits per heavy atom. The number of hydrogen-bond acceptors (Lipinski definition) is 4. The van der Waals surface area contributed by atoms with Crippen molar-refractivity contribution in [3.05, 3.63) is 35.5 Å². The van der Waals surface area contributed by atoms with Crippen LogP contribution in [0.1, 0.15) is 46.5 Å². The maximum absolute atomic E-state index is 12.3. The van der Waals surface area contributed by atoms with Crippen molar-refractivity contribution in [2.45, 2.75) is 58.7 Å². The van der Waals surface area contributed by atoms with Crippen LogP contribution in [0, 0.1) is 5.41 Å². The molecule has 0 amide bonds. The van der Waals surface area contributed by atoms with Gasteiger partial charge in [-0.2, -0.15) is 0 Å². The Labute approximate surface area is 131 Å². The molecule has 1 aliphatic heterocycles. The van der Waals surface area contributed by atoms with E-state index in [1.165, 1.54) is 17.7 Å². The third kappa shape index (κ3) is 3.55. The normalized spacial score (nSPS) is 31.5. The minimum absolute atomic E-state index is 0.0512. The Bertz CT molecular complexity index is 551. The standard InChI is InChI=1S/C18H24O4/c1-12(2)5-4-6-13(3)9-16-18(11-17(21)22-16)10-14(19)7-8-15(18)20/h5,7-9,14,16,19H,4,6,10-11H2,1-3H3/b13-9+/t14-,16-,18?/m1/s1. The van der Waals surface area contributed by atoms with Gasteiger partial charge >= 0.3 is 5.97 Å². The summed E-state index contributed by atoms with van der Waals surface area (Å²) >= 11 is 0. The van der Waals surface area contributed by atoms with Crippen molar-refractivity contribution in [3.8, 4) is 0 Å². The molecule has 1 fully saturated rings. The summed E-state index contributed by atoms with van der Waals surface area (Å²) < 4.78 is 5.37. The average Bonchev–Trinajstić information content (AvgIpc) is 2.70. The van der Waals surface area contributed by atoms with Crippen LogP contribution in [0.4, 0.5) is 0 Å². The molecule has 3 atom stereocenters. The van der Waals surface area contributed by atoms with Gasteiger partial charge in [-0.3, -0.25) is 9.59 Å². The molecule has 2 rings (SSSR count). The zero-order valence-corrected chi connectivity index (χ0v) is 13.5. The molecule has 1 heterocycles. The van der Waals surface area contributed by atoms with Crippen LogP contribution in [0.2, 0.25) is 0 Å². The van der Waals surface area contributed by atoms with Gasteiger partial charge in [-0.25, -0.2) is 0 Å². The zero-order valence-electron chi connectivity index (χ0n) is 13.5. The number of cyclic esters (lactones) is 1. The van der Waals surface area contributed by atoms with Crippen LogP contribution < -0.4 is 0 Å². The Hall–Kier alpha value is -1.68. The monoisotopic (exact) mass is 304 g/mol. The lowest BCUT2D eigenvalue weighted by Gasteiger charge is -2.32. The highest BCUT2D eigenvalue weighted by atomic mass is 16.6. The summed E-state index contributed by atoms with van der Waals surface area (Å²) in [5.41, 5.74) is 1.43. The fourth-order valence-electron chi connectivity index (χ4n) is 3.10. The molecule has 22 heavy (non-hydrogen) atoms. The SMILES string of the molecule is CC(C)=CCC/C(C)=C/[C@H]1OC(=O)CC12C[C@H](O)C=CC2=O. The average molecular weight is 304 g/mol. The van der Waals surface area contributed by atoms with Crippen molar-refractivity contribution < 1.29 is 19.4 Å². The van der Waals surface area contributed by atoms with E-state index < -0.39 is 17.6 Å². The maximum atomic E-state index is 12.3. The highest BCUT2D eigenvalue weighted by molar-refractivity contribution is 6.00. The number of carbonyl (C=O) groups is 2. The highest BCUT2D eigenvalue weighted by Gasteiger charge is 2.54. The zero-order chi connectivity index (χ0) is 16.3. The van der Waals surface area contributed by atoms with Crippen LogP contribution in [-0.4, -0.2) is 29.1 Å². The first-order valence-corrected chi connectivity index (χ1v) is 7.74. The van der Waals surface area contributed by atoms with Crippen LogP contribution >= 0.6 is 0 Å². The lowest BCUT2D eigenvalue weighted by Crippen LogP contribution is -2.42. The first kappa shape index (κ1) is 16.7. The van der Waals surface area contributed by atoms with Crippen LogP contribution in [0.25, 0.3) is 0 Å². The smallest absolute Gasteiger partial charge is 0.307 e. The van der Waals surface area contributed by atoms with Gasteiger partial charge in [-0.05, 0) is 52.2 Å². The van der Waals surface area contributed by atoms with Gasteiger partial charge in [0.15, 0.2) is 5.78 Å². The number of aliphatic hydroxyl groups is 1. The van der Waals surface area contributed by atoms with Crippen molar-refractivity contribution in [2.24, 2.45) is 5.41 Å². The molecule has 2 aliphatic rings. The van der Waals surface area contributed by atoms with E-state index in [2.05, 4.69) is 19.9 Å². The summed E-state index contributed by atoms with van der Waals surface area (Å²) in [6, 6.07) is 0. The summed E-state index contributed by atoms with van der Waals surface area (Å²) in [6.07, 6.45) is 7.73. The predicted octanol–water partition coefficient (Wildman–Crippen LogP) is 2.87. The van der Waals surface area contributed by atoms with Crippen molar-refractivity contribution in [1.29, 1.82) is 0 Å². The third-order valence-electron chi connectivity index (χ3n) is 4.32. The molecular formula is C18H24O4. The molecule has 4 nitrogen and oxygen atoms in total. The molecule has 4 heteroatoms. The highest BCUT2D eigenvalue weighted by Crippen LogP contribution is 2.44. The summed E-state index contributed by atoms with van der Waals surface area (Å²) in [4.78, 5) is 24.1. The topological polar surface area (TPSA) is 63.6 Å². The van der Waals surface area contributed by atoms with Gasteiger partial charge in [0.25, 0.3) is 0 Å². The number of ether oxygens (including phenoxy) is 1. The number of aliphatic hydroxyl groups excluding tert-OH is 1. The summed E-state index contributed by atoms with van der Waals surface area (Å²) in [5.74, 6) is -0.490. The van der Waals surface area contributed by atoms with Crippen molar-refractivity contribution in [1.82, 2.24) is 0 Å². The molecule has 0 saturated carbocycles. The fraction of sp³-hybridized carbons (Fsp3) is 0.556. The van der Waals surface area contributed by atoms with E-state index in [0.29, 0.717) is 0 Å². The molecule has 0 bridgehead atoms. The Morgan fingerprint density at radius 2 is 2.14 bits per heavy atom. The molecule has 0 aromatic heterocycles. The van der Waals surface area contributed by atoms with Crippen LogP contribution in [-0.2, 0) is 14.3 Å². The summed E-state index contributed by atoms with van der Waals surface area (Å²) in [5, 5.41) is 9.86. The second-order valence-electron chi connectivity index (χ2n) is 6.57. The van der Waals surface area contributed by atoms with Crippen molar-refractivity contribution in [3.63, 3.8) is 0 Å². The van der Waals surface area contributed by atoms with E-state index >= 15 is 0 Å². The molecule has 120 valence electrons. The minimum atomic E-state index is -0.928. The van der Waals surface area contributed by atoms with Gasteiger partial charge in [0.1, 0.15) is 6.10 Å². The summed E-state index contributed by atoms with van der Waals surface area (Å²) in [6.45, 7) is 6.10. The fourth-order valence-corrected chi connectivity index (χ4v) is 3.10. The van der Waals surface area contributed by atoms with E-state index in [1.807, 2.05) is 13.0 Å². The second kappa shape index (κ2) is 6.61. The van der Waals surface area contributed by atoms with Crippen molar-refractivity contribution in [2.75, 3.05) is 0 Å². The Morgan fingerprint density at radius 3 is 2.82 bits per heavy atom.